The second-order valence-electron chi connectivity index (χ2n) is 6.80. The number of allylic oxidation sites excluding steroid dienone is 1. The Hall–Kier alpha value is -1.44. The molecule has 2 fully saturated rings. The van der Waals surface area contributed by atoms with E-state index in [1.54, 1.807) is 6.07 Å². The smallest absolute Gasteiger partial charge is 0.309 e. The van der Waals surface area contributed by atoms with Crippen molar-refractivity contribution in [2.24, 2.45) is 17.8 Å². The van der Waals surface area contributed by atoms with Crippen LogP contribution in [0.3, 0.4) is 0 Å². The van der Waals surface area contributed by atoms with E-state index in [4.69, 9.17) is 10.00 Å². The molecule has 128 valence electrons. The molecule has 0 amide bonds. The van der Waals surface area contributed by atoms with Crippen LogP contribution in [0.1, 0.15) is 51.4 Å². The highest BCUT2D eigenvalue weighted by Crippen LogP contribution is 2.35. The first-order valence-corrected chi connectivity index (χ1v) is 8.54. The molecule has 2 aliphatic rings. The van der Waals surface area contributed by atoms with Crippen molar-refractivity contribution in [3.8, 4) is 6.07 Å². The van der Waals surface area contributed by atoms with Crippen LogP contribution in [0.4, 0.5) is 8.78 Å². The van der Waals surface area contributed by atoms with E-state index in [1.165, 1.54) is 0 Å². The number of alkyl halides is 2. The molecule has 0 aliphatic heterocycles. The molecule has 2 aliphatic carbocycles. The van der Waals surface area contributed by atoms with Crippen LogP contribution < -0.4 is 0 Å². The molecule has 0 heterocycles. The summed E-state index contributed by atoms with van der Waals surface area (Å²) in [5, 5.41) is 8.75. The second kappa shape index (κ2) is 8.42. The summed E-state index contributed by atoms with van der Waals surface area (Å²) in [6.45, 7) is 3.72. The van der Waals surface area contributed by atoms with E-state index in [-0.39, 0.29) is 24.7 Å². The molecule has 3 nitrogen and oxygen atoms in total. The van der Waals surface area contributed by atoms with Gasteiger partial charge in [0, 0.05) is 12.8 Å². The van der Waals surface area contributed by atoms with E-state index in [9.17, 15) is 13.6 Å². The van der Waals surface area contributed by atoms with Crippen molar-refractivity contribution in [2.75, 3.05) is 0 Å². The maximum Gasteiger partial charge on any atom is 0.309 e. The Balaban J connectivity index is 1.77. The van der Waals surface area contributed by atoms with Gasteiger partial charge in [-0.3, -0.25) is 4.79 Å². The third-order valence-corrected chi connectivity index (χ3v) is 5.15. The number of halogens is 2. The van der Waals surface area contributed by atoms with Gasteiger partial charge in [0.1, 0.15) is 24.4 Å². The van der Waals surface area contributed by atoms with Gasteiger partial charge in [0.15, 0.2) is 0 Å². The minimum atomic E-state index is -1.56. The van der Waals surface area contributed by atoms with Gasteiger partial charge in [0.2, 0.25) is 0 Å². The molecule has 0 radical (unpaired) electrons. The molecule has 5 heteroatoms. The third kappa shape index (κ3) is 4.76. The number of ether oxygens (including phenoxy) is 1. The number of carbonyl (C=O) groups is 1. The van der Waals surface area contributed by atoms with Crippen LogP contribution >= 0.6 is 0 Å². The minimum Gasteiger partial charge on any atom is -0.462 e. The Morgan fingerprint density at radius 2 is 1.83 bits per heavy atom. The molecular formula is C18H25F2NO2. The van der Waals surface area contributed by atoms with Gasteiger partial charge < -0.3 is 4.74 Å². The van der Waals surface area contributed by atoms with Crippen LogP contribution in [0.2, 0.25) is 0 Å². The first kappa shape index (κ1) is 17.9. The number of hydrogen-bond donors (Lipinski definition) is 0. The van der Waals surface area contributed by atoms with Gasteiger partial charge in [0.05, 0.1) is 12.0 Å². The first-order valence-electron chi connectivity index (χ1n) is 8.54. The second-order valence-corrected chi connectivity index (χ2v) is 6.80. The number of hydrogen-bond acceptors (Lipinski definition) is 3. The van der Waals surface area contributed by atoms with Gasteiger partial charge in [-0.1, -0.05) is 6.08 Å². The van der Waals surface area contributed by atoms with Crippen LogP contribution in [-0.2, 0) is 9.53 Å². The number of nitriles is 1. The Kier molecular flexibility index (Phi) is 6.56. The summed E-state index contributed by atoms with van der Waals surface area (Å²) < 4.78 is 32.8. The van der Waals surface area contributed by atoms with Crippen molar-refractivity contribution in [2.45, 2.75) is 69.8 Å². The van der Waals surface area contributed by atoms with Crippen molar-refractivity contribution in [1.82, 2.24) is 0 Å². The summed E-state index contributed by atoms with van der Waals surface area (Å²) in [4.78, 5) is 12.2. The van der Waals surface area contributed by atoms with Gasteiger partial charge in [-0.25, -0.2) is 8.78 Å². The first-order chi connectivity index (χ1) is 11.0. The Morgan fingerprint density at radius 1 is 1.22 bits per heavy atom. The van der Waals surface area contributed by atoms with Crippen molar-refractivity contribution < 1.29 is 18.3 Å². The predicted molar refractivity (Wildman–Crippen MR) is 82.9 cm³/mol. The fourth-order valence-corrected chi connectivity index (χ4v) is 3.68. The lowest BCUT2D eigenvalue weighted by Crippen LogP contribution is -2.40. The van der Waals surface area contributed by atoms with Crippen molar-refractivity contribution >= 4 is 5.97 Å². The van der Waals surface area contributed by atoms with E-state index >= 15 is 0 Å². The number of rotatable bonds is 5. The van der Waals surface area contributed by atoms with E-state index < -0.39 is 24.4 Å². The highest BCUT2D eigenvalue weighted by Gasteiger charge is 2.41. The molecule has 2 rings (SSSR count). The molecule has 2 saturated carbocycles. The van der Waals surface area contributed by atoms with Crippen LogP contribution in [0.15, 0.2) is 12.7 Å². The van der Waals surface area contributed by atoms with Gasteiger partial charge in [-0.15, -0.1) is 6.58 Å². The highest BCUT2D eigenvalue weighted by atomic mass is 19.1. The summed E-state index contributed by atoms with van der Waals surface area (Å²) >= 11 is 0. The maximum atomic E-state index is 13.7. The van der Waals surface area contributed by atoms with Gasteiger partial charge in [-0.2, -0.15) is 5.26 Å². The lowest BCUT2D eigenvalue weighted by Gasteiger charge is -2.33. The topological polar surface area (TPSA) is 50.1 Å². The van der Waals surface area contributed by atoms with E-state index in [1.807, 2.05) is 6.08 Å². The highest BCUT2D eigenvalue weighted by molar-refractivity contribution is 5.72. The predicted octanol–water partition coefficient (Wildman–Crippen LogP) is 4.28. The summed E-state index contributed by atoms with van der Waals surface area (Å²) in [5.41, 5.74) is 0. The zero-order valence-corrected chi connectivity index (χ0v) is 13.4. The lowest BCUT2D eigenvalue weighted by molar-refractivity contribution is -0.160. The quantitative estimate of drug-likeness (QED) is 0.560. The average molecular weight is 325 g/mol. The van der Waals surface area contributed by atoms with Crippen LogP contribution in [-0.4, -0.2) is 24.4 Å². The van der Waals surface area contributed by atoms with Crippen molar-refractivity contribution in [1.29, 1.82) is 5.26 Å². The van der Waals surface area contributed by atoms with Crippen molar-refractivity contribution in [3.05, 3.63) is 12.7 Å². The largest absolute Gasteiger partial charge is 0.462 e. The molecule has 2 atom stereocenters. The maximum absolute atomic E-state index is 13.7. The molecule has 0 aromatic carbocycles. The van der Waals surface area contributed by atoms with E-state index in [0.29, 0.717) is 5.92 Å². The molecule has 0 saturated heterocycles. The molecule has 23 heavy (non-hydrogen) atoms. The molecular weight excluding hydrogens is 300 g/mol. The fraction of sp³-hybridized carbons (Fsp3) is 0.778. The SMILES string of the molecule is C=CCCC1CCC(C(=O)OC2CC(F)C(C#N)C(F)C2)CC1. The standard InChI is InChI=1S/C18H25F2NO2/c1-2-3-4-12-5-7-13(8-6-12)18(22)23-14-9-16(19)15(11-21)17(20)10-14/h2,12-17H,1,3-10H2. The van der Waals surface area contributed by atoms with Gasteiger partial charge in [0.25, 0.3) is 0 Å². The summed E-state index contributed by atoms with van der Waals surface area (Å²) in [5.74, 6) is -1.08. The zero-order valence-electron chi connectivity index (χ0n) is 13.4. The molecule has 0 spiro atoms. The molecule has 0 aromatic rings. The monoisotopic (exact) mass is 325 g/mol. The van der Waals surface area contributed by atoms with E-state index in [0.717, 1.165) is 38.5 Å². The fourth-order valence-electron chi connectivity index (χ4n) is 3.68. The normalized spacial score (nSPS) is 37.6. The zero-order chi connectivity index (χ0) is 16.8. The van der Waals surface area contributed by atoms with Crippen molar-refractivity contribution in [3.63, 3.8) is 0 Å². The molecule has 0 N–H and O–H groups in total. The third-order valence-electron chi connectivity index (χ3n) is 5.15. The van der Waals surface area contributed by atoms with Crippen LogP contribution in [0, 0.1) is 29.1 Å². The minimum absolute atomic E-state index is 0.0704. The van der Waals surface area contributed by atoms with Crippen LogP contribution in [0.25, 0.3) is 0 Å². The van der Waals surface area contributed by atoms with Crippen LogP contribution in [0.5, 0.6) is 0 Å². The Labute approximate surface area is 136 Å². The number of nitrogens with zero attached hydrogens (tertiary/aromatic N) is 1. The molecule has 2 unspecified atom stereocenters. The summed E-state index contributed by atoms with van der Waals surface area (Å²) in [6.07, 6.45) is 3.57. The lowest BCUT2D eigenvalue weighted by atomic mass is 9.80. The number of esters is 1. The van der Waals surface area contributed by atoms with Gasteiger partial charge >= 0.3 is 5.97 Å². The summed E-state index contributed by atoms with van der Waals surface area (Å²) in [7, 11) is 0. The average Bonchev–Trinajstić information content (AvgIpc) is 2.53. The summed E-state index contributed by atoms with van der Waals surface area (Å²) in [6, 6.07) is 1.66. The van der Waals surface area contributed by atoms with Gasteiger partial charge in [-0.05, 0) is 44.4 Å². The molecule has 0 bridgehead atoms. The molecule has 0 aromatic heterocycles. The Bertz CT molecular complexity index is 442. The Morgan fingerprint density at radius 3 is 2.35 bits per heavy atom. The number of carbonyl (C=O) groups excluding carboxylic acids is 1. The van der Waals surface area contributed by atoms with E-state index in [2.05, 4.69) is 6.58 Å².